The first-order valence-electron chi connectivity index (χ1n) is 11.9. The Hall–Kier alpha value is -0.610. The predicted molar refractivity (Wildman–Crippen MR) is 117 cm³/mol. The van der Waals surface area contributed by atoms with Gasteiger partial charge in [0.2, 0.25) is 0 Å². The molecule has 0 saturated heterocycles. The monoisotopic (exact) mass is 384 g/mol. The number of carbonyl (C=O) groups is 1. The van der Waals surface area contributed by atoms with Gasteiger partial charge in [-0.1, -0.05) is 110 Å². The third kappa shape index (κ3) is 23.4. The highest BCUT2D eigenvalue weighted by atomic mass is 16.7. The molecule has 0 aliphatic rings. The molecule has 2 N–H and O–H groups in total. The van der Waals surface area contributed by atoms with E-state index in [1.165, 1.54) is 96.3 Å². The van der Waals surface area contributed by atoms with Gasteiger partial charge in [0.1, 0.15) is 0 Å². The molecule has 0 aliphatic heterocycles. The number of hydrogen-bond donors (Lipinski definition) is 2. The molecule has 0 radical (unpaired) electrons. The van der Waals surface area contributed by atoms with E-state index in [1.54, 1.807) is 0 Å². The average Bonchev–Trinajstić information content (AvgIpc) is 2.67. The van der Waals surface area contributed by atoms with E-state index in [2.05, 4.69) is 17.7 Å². The molecule has 27 heavy (non-hydrogen) atoms. The Morgan fingerprint density at radius 2 is 1.04 bits per heavy atom. The number of nitrogens with one attached hydrogen (secondary N) is 2. The van der Waals surface area contributed by atoms with Gasteiger partial charge in [0.05, 0.1) is 6.54 Å². The first-order valence-corrected chi connectivity index (χ1v) is 11.9. The average molecular weight is 385 g/mol. The van der Waals surface area contributed by atoms with Gasteiger partial charge in [-0.2, -0.15) is 5.48 Å². The number of hydroxylamine groups is 1. The van der Waals surface area contributed by atoms with Gasteiger partial charge in [-0.15, -0.1) is 0 Å². The summed E-state index contributed by atoms with van der Waals surface area (Å²) in [5, 5.41) is 3.15. The van der Waals surface area contributed by atoms with Gasteiger partial charge >= 0.3 is 5.97 Å². The van der Waals surface area contributed by atoms with Gasteiger partial charge < -0.3 is 10.2 Å². The van der Waals surface area contributed by atoms with E-state index in [0.29, 0.717) is 13.1 Å². The van der Waals surface area contributed by atoms with Crippen LogP contribution in [-0.4, -0.2) is 25.6 Å². The lowest BCUT2D eigenvalue weighted by atomic mass is 10.0. The molecule has 0 aliphatic carbocycles. The Kier molecular flexibility index (Phi) is 22.9. The molecule has 0 unspecified atom stereocenters. The second-order valence-corrected chi connectivity index (χ2v) is 7.85. The van der Waals surface area contributed by atoms with Crippen molar-refractivity contribution < 1.29 is 9.63 Å². The van der Waals surface area contributed by atoms with Crippen molar-refractivity contribution in [2.24, 2.45) is 0 Å². The minimum Gasteiger partial charge on any atom is -0.369 e. The standard InChI is InChI=1S/C23H48N2O2/c1-3-5-6-7-8-9-10-11-12-13-14-15-16-17-18-19-21-24-22-23(26)27-25-20-4-2/h24-25H,3-22H2,1-2H3. The highest BCUT2D eigenvalue weighted by molar-refractivity contribution is 5.71. The Balaban J connectivity index is 3.06. The van der Waals surface area contributed by atoms with Gasteiger partial charge in [0.25, 0.3) is 0 Å². The van der Waals surface area contributed by atoms with E-state index in [9.17, 15) is 4.79 Å². The molecule has 0 rings (SSSR count). The molecule has 0 fully saturated rings. The van der Waals surface area contributed by atoms with Crippen LogP contribution in [0.3, 0.4) is 0 Å². The maximum absolute atomic E-state index is 11.3. The minimum absolute atomic E-state index is 0.222. The Morgan fingerprint density at radius 3 is 1.48 bits per heavy atom. The molecule has 4 nitrogen and oxygen atoms in total. The number of unbranched alkanes of at least 4 members (excludes halogenated alkanes) is 15. The fourth-order valence-electron chi connectivity index (χ4n) is 3.26. The van der Waals surface area contributed by atoms with Crippen molar-refractivity contribution in [2.75, 3.05) is 19.6 Å². The molecule has 0 saturated carbocycles. The van der Waals surface area contributed by atoms with Crippen molar-refractivity contribution in [1.82, 2.24) is 10.8 Å². The fraction of sp³-hybridized carbons (Fsp3) is 0.957. The van der Waals surface area contributed by atoms with Gasteiger partial charge in [0.15, 0.2) is 0 Å². The first-order chi connectivity index (χ1) is 13.3. The molecular weight excluding hydrogens is 336 g/mol. The zero-order chi connectivity index (χ0) is 19.8. The van der Waals surface area contributed by atoms with Crippen LogP contribution < -0.4 is 10.8 Å². The molecule has 0 amide bonds. The molecule has 4 heteroatoms. The van der Waals surface area contributed by atoms with Gasteiger partial charge in [0, 0.05) is 6.54 Å². The minimum atomic E-state index is -0.222. The Labute approximate surface area is 169 Å². The van der Waals surface area contributed by atoms with Crippen molar-refractivity contribution in [3.63, 3.8) is 0 Å². The van der Waals surface area contributed by atoms with Crippen molar-refractivity contribution in [3.8, 4) is 0 Å². The lowest BCUT2D eigenvalue weighted by molar-refractivity contribution is -0.149. The second kappa shape index (κ2) is 23.4. The van der Waals surface area contributed by atoms with Gasteiger partial charge in [-0.25, -0.2) is 4.79 Å². The van der Waals surface area contributed by atoms with Crippen LogP contribution in [0.1, 0.15) is 123 Å². The van der Waals surface area contributed by atoms with E-state index in [1.807, 2.05) is 6.92 Å². The molecule has 0 heterocycles. The maximum atomic E-state index is 11.3. The summed E-state index contributed by atoms with van der Waals surface area (Å²) in [7, 11) is 0. The lowest BCUT2D eigenvalue weighted by Crippen LogP contribution is -2.30. The van der Waals surface area contributed by atoms with E-state index < -0.39 is 0 Å². The molecule has 0 aromatic carbocycles. The largest absolute Gasteiger partial charge is 0.369 e. The summed E-state index contributed by atoms with van der Waals surface area (Å²) in [6.07, 6.45) is 23.1. The summed E-state index contributed by atoms with van der Waals surface area (Å²) in [5.74, 6) is -0.222. The zero-order valence-electron chi connectivity index (χ0n) is 18.5. The summed E-state index contributed by atoms with van der Waals surface area (Å²) in [5.41, 5.74) is 2.65. The molecular formula is C23H48N2O2. The van der Waals surface area contributed by atoms with E-state index in [0.717, 1.165) is 19.4 Å². The molecule has 0 aromatic rings. The van der Waals surface area contributed by atoms with Crippen LogP contribution >= 0.6 is 0 Å². The van der Waals surface area contributed by atoms with Gasteiger partial charge in [-0.3, -0.25) is 0 Å². The number of carbonyl (C=O) groups excluding carboxylic acids is 1. The van der Waals surface area contributed by atoms with Crippen molar-refractivity contribution >= 4 is 5.97 Å². The highest BCUT2D eigenvalue weighted by Gasteiger charge is 2.01. The van der Waals surface area contributed by atoms with E-state index >= 15 is 0 Å². The van der Waals surface area contributed by atoms with Crippen molar-refractivity contribution in [2.45, 2.75) is 123 Å². The maximum Gasteiger partial charge on any atom is 0.338 e. The number of rotatable bonds is 22. The molecule has 0 atom stereocenters. The summed E-state index contributed by atoms with van der Waals surface area (Å²) >= 11 is 0. The predicted octanol–water partition coefficient (Wildman–Crippen LogP) is 6.30. The molecule has 162 valence electrons. The van der Waals surface area contributed by atoms with Gasteiger partial charge in [-0.05, 0) is 19.4 Å². The van der Waals surface area contributed by atoms with Crippen LogP contribution in [0.5, 0.6) is 0 Å². The molecule has 0 bridgehead atoms. The summed E-state index contributed by atoms with van der Waals surface area (Å²) in [6, 6.07) is 0. The molecule has 0 aromatic heterocycles. The second-order valence-electron chi connectivity index (χ2n) is 7.85. The summed E-state index contributed by atoms with van der Waals surface area (Å²) in [6.45, 7) is 6.24. The van der Waals surface area contributed by atoms with Crippen LogP contribution in [0, 0.1) is 0 Å². The fourth-order valence-corrected chi connectivity index (χ4v) is 3.26. The van der Waals surface area contributed by atoms with E-state index in [-0.39, 0.29) is 5.97 Å². The zero-order valence-corrected chi connectivity index (χ0v) is 18.5. The van der Waals surface area contributed by atoms with Crippen molar-refractivity contribution in [1.29, 1.82) is 0 Å². The quantitative estimate of drug-likeness (QED) is 0.170. The van der Waals surface area contributed by atoms with Crippen LogP contribution in [0.15, 0.2) is 0 Å². The van der Waals surface area contributed by atoms with Crippen LogP contribution in [0.25, 0.3) is 0 Å². The summed E-state index contributed by atoms with van der Waals surface area (Å²) in [4.78, 5) is 16.2. The lowest BCUT2D eigenvalue weighted by Gasteiger charge is -2.06. The highest BCUT2D eigenvalue weighted by Crippen LogP contribution is 2.13. The third-order valence-corrected chi connectivity index (χ3v) is 5.01. The SMILES string of the molecule is CCCCCCCCCCCCCCCCCCNCC(=O)ONCCC. The normalized spacial score (nSPS) is 11.0. The first kappa shape index (κ1) is 26.4. The Morgan fingerprint density at radius 1 is 0.593 bits per heavy atom. The molecule has 0 spiro atoms. The van der Waals surface area contributed by atoms with Crippen LogP contribution in [0.2, 0.25) is 0 Å². The third-order valence-electron chi connectivity index (χ3n) is 5.01. The topological polar surface area (TPSA) is 50.4 Å². The smallest absolute Gasteiger partial charge is 0.338 e. The Bertz CT molecular complexity index is 298. The van der Waals surface area contributed by atoms with Crippen molar-refractivity contribution in [3.05, 3.63) is 0 Å². The summed E-state index contributed by atoms with van der Waals surface area (Å²) < 4.78 is 0. The van der Waals surface area contributed by atoms with Crippen LogP contribution in [0.4, 0.5) is 0 Å². The van der Waals surface area contributed by atoms with Crippen LogP contribution in [-0.2, 0) is 9.63 Å². The number of hydrogen-bond acceptors (Lipinski definition) is 4. The van der Waals surface area contributed by atoms with E-state index in [4.69, 9.17) is 4.84 Å².